The number of aromatic nitrogens is 1. The molecule has 0 aliphatic carbocycles. The number of aryl methyl sites for hydroxylation is 1. The molecule has 0 N–H and O–H groups in total. The van der Waals surface area contributed by atoms with Crippen molar-refractivity contribution in [3.63, 3.8) is 0 Å². The zero-order valence-corrected chi connectivity index (χ0v) is 14.6. The lowest BCUT2D eigenvalue weighted by atomic mass is 10.1. The number of nitrogens with zero attached hydrogens (tertiary/aromatic N) is 3. The van der Waals surface area contributed by atoms with Gasteiger partial charge in [-0.1, -0.05) is 36.4 Å². The lowest BCUT2D eigenvalue weighted by Gasteiger charge is -2.35. The number of fused-ring (bicyclic) bond motifs is 1. The van der Waals surface area contributed by atoms with Gasteiger partial charge in [0.25, 0.3) is 0 Å². The van der Waals surface area contributed by atoms with Crippen molar-refractivity contribution in [2.75, 3.05) is 37.6 Å². The third kappa shape index (κ3) is 3.17. The van der Waals surface area contributed by atoms with E-state index in [0.717, 1.165) is 42.6 Å². The van der Waals surface area contributed by atoms with Crippen LogP contribution in [0.1, 0.15) is 10.4 Å². The van der Waals surface area contributed by atoms with Gasteiger partial charge in [-0.2, -0.15) is 0 Å². The number of carbonyl (C=O) groups excluding carboxylic acids is 1. The molecule has 0 saturated carbocycles. The molecule has 128 valence electrons. The monoisotopic (exact) mass is 333 g/mol. The van der Waals surface area contributed by atoms with E-state index in [2.05, 4.69) is 40.1 Å². The van der Waals surface area contributed by atoms with Crippen molar-refractivity contribution in [3.8, 4) is 0 Å². The highest BCUT2D eigenvalue weighted by atomic mass is 16.1. The van der Waals surface area contributed by atoms with Crippen LogP contribution in [0.4, 0.5) is 5.69 Å². The summed E-state index contributed by atoms with van der Waals surface area (Å²) in [6.07, 6.45) is 1.97. The van der Waals surface area contributed by atoms with Crippen LogP contribution < -0.4 is 4.90 Å². The molecule has 1 aliphatic heterocycles. The Balaban J connectivity index is 1.42. The number of ketones is 1. The summed E-state index contributed by atoms with van der Waals surface area (Å²) in [7, 11) is 2.00. The first-order valence-corrected chi connectivity index (χ1v) is 8.82. The number of hydrogen-bond acceptors (Lipinski definition) is 3. The van der Waals surface area contributed by atoms with Gasteiger partial charge in [-0.15, -0.1) is 0 Å². The van der Waals surface area contributed by atoms with E-state index in [4.69, 9.17) is 0 Å². The summed E-state index contributed by atoms with van der Waals surface area (Å²) in [5.74, 6) is 0.213. The Morgan fingerprint density at radius 1 is 0.920 bits per heavy atom. The number of anilines is 1. The average Bonchev–Trinajstić information content (AvgIpc) is 3.00. The molecule has 1 aliphatic rings. The Morgan fingerprint density at radius 2 is 1.60 bits per heavy atom. The van der Waals surface area contributed by atoms with Gasteiger partial charge in [0, 0.05) is 61.6 Å². The molecular weight excluding hydrogens is 310 g/mol. The van der Waals surface area contributed by atoms with Crippen LogP contribution in [-0.2, 0) is 7.05 Å². The predicted octanol–water partition coefficient (Wildman–Crippen LogP) is 3.18. The molecular formula is C21H23N3O. The maximum atomic E-state index is 12.8. The van der Waals surface area contributed by atoms with Crippen LogP contribution in [0, 0.1) is 0 Å². The molecule has 0 radical (unpaired) electrons. The smallest absolute Gasteiger partial charge is 0.178 e. The number of carbonyl (C=O) groups is 1. The van der Waals surface area contributed by atoms with E-state index in [0.29, 0.717) is 6.54 Å². The highest BCUT2D eigenvalue weighted by Gasteiger charge is 2.21. The van der Waals surface area contributed by atoms with Crippen molar-refractivity contribution < 1.29 is 4.79 Å². The quantitative estimate of drug-likeness (QED) is 0.687. The summed E-state index contributed by atoms with van der Waals surface area (Å²) in [4.78, 5) is 17.5. The van der Waals surface area contributed by atoms with E-state index in [1.165, 1.54) is 5.69 Å². The summed E-state index contributed by atoms with van der Waals surface area (Å²) >= 11 is 0. The summed E-state index contributed by atoms with van der Waals surface area (Å²) < 4.78 is 2.04. The Morgan fingerprint density at radius 3 is 2.36 bits per heavy atom. The van der Waals surface area contributed by atoms with Crippen molar-refractivity contribution in [2.24, 2.45) is 7.05 Å². The van der Waals surface area contributed by atoms with E-state index >= 15 is 0 Å². The fourth-order valence-electron chi connectivity index (χ4n) is 3.66. The zero-order valence-electron chi connectivity index (χ0n) is 14.6. The second-order valence-corrected chi connectivity index (χ2v) is 6.69. The fraction of sp³-hybridized carbons (Fsp3) is 0.286. The standard InChI is InChI=1S/C21H23N3O/c1-22-15-19(18-9-5-6-10-20(18)22)21(25)16-23-11-13-24(14-12-23)17-7-3-2-4-8-17/h2-10,15H,11-14,16H2,1H3. The lowest BCUT2D eigenvalue weighted by Crippen LogP contribution is -2.48. The minimum Gasteiger partial charge on any atom is -0.369 e. The van der Waals surface area contributed by atoms with Crippen LogP contribution in [0.3, 0.4) is 0 Å². The first-order chi connectivity index (χ1) is 12.2. The molecule has 4 rings (SSSR count). The minimum absolute atomic E-state index is 0.213. The Kier molecular flexibility index (Phi) is 4.28. The molecule has 0 amide bonds. The summed E-state index contributed by atoms with van der Waals surface area (Å²) in [6, 6.07) is 18.6. The van der Waals surface area contributed by atoms with Crippen LogP contribution >= 0.6 is 0 Å². The van der Waals surface area contributed by atoms with E-state index in [1.807, 2.05) is 42.1 Å². The normalized spacial score (nSPS) is 15.6. The third-order valence-corrected chi connectivity index (χ3v) is 5.06. The number of hydrogen-bond donors (Lipinski definition) is 0. The van der Waals surface area contributed by atoms with Gasteiger partial charge in [-0.3, -0.25) is 9.69 Å². The summed E-state index contributed by atoms with van der Waals surface area (Å²) in [5, 5.41) is 1.05. The molecule has 2 heterocycles. The maximum absolute atomic E-state index is 12.8. The number of para-hydroxylation sites is 2. The Bertz CT molecular complexity index is 877. The molecule has 25 heavy (non-hydrogen) atoms. The number of Topliss-reactive ketones (excluding diaryl/α,β-unsaturated/α-hetero) is 1. The highest BCUT2D eigenvalue weighted by molar-refractivity contribution is 6.09. The van der Waals surface area contributed by atoms with Crippen molar-refractivity contribution in [1.82, 2.24) is 9.47 Å². The number of benzene rings is 2. The van der Waals surface area contributed by atoms with E-state index in [9.17, 15) is 4.79 Å². The van der Waals surface area contributed by atoms with Crippen molar-refractivity contribution in [3.05, 3.63) is 66.4 Å². The lowest BCUT2D eigenvalue weighted by molar-refractivity contribution is 0.0928. The van der Waals surface area contributed by atoms with E-state index in [1.54, 1.807) is 0 Å². The number of piperazine rings is 1. The van der Waals surface area contributed by atoms with Gasteiger partial charge < -0.3 is 9.47 Å². The third-order valence-electron chi connectivity index (χ3n) is 5.06. The Labute approximate surface area is 148 Å². The highest BCUT2D eigenvalue weighted by Crippen LogP contribution is 2.21. The van der Waals surface area contributed by atoms with Crippen LogP contribution in [0.15, 0.2) is 60.8 Å². The largest absolute Gasteiger partial charge is 0.369 e. The van der Waals surface area contributed by atoms with Gasteiger partial charge >= 0.3 is 0 Å². The van der Waals surface area contributed by atoms with Crippen LogP contribution in [0.5, 0.6) is 0 Å². The van der Waals surface area contributed by atoms with E-state index in [-0.39, 0.29) is 5.78 Å². The molecule has 0 spiro atoms. The van der Waals surface area contributed by atoms with Gasteiger partial charge in [-0.25, -0.2) is 0 Å². The molecule has 3 aromatic rings. The van der Waals surface area contributed by atoms with Gasteiger partial charge in [0.2, 0.25) is 0 Å². The fourth-order valence-corrected chi connectivity index (χ4v) is 3.66. The second kappa shape index (κ2) is 6.73. The predicted molar refractivity (Wildman–Crippen MR) is 102 cm³/mol. The van der Waals surface area contributed by atoms with Crippen LogP contribution in [0.2, 0.25) is 0 Å². The zero-order chi connectivity index (χ0) is 17.2. The second-order valence-electron chi connectivity index (χ2n) is 6.69. The maximum Gasteiger partial charge on any atom is 0.178 e. The van der Waals surface area contributed by atoms with Crippen molar-refractivity contribution >= 4 is 22.4 Å². The molecule has 0 bridgehead atoms. The van der Waals surface area contributed by atoms with Gasteiger partial charge in [0.05, 0.1) is 6.54 Å². The van der Waals surface area contributed by atoms with Crippen LogP contribution in [-0.4, -0.2) is 48.0 Å². The molecule has 1 fully saturated rings. The minimum atomic E-state index is 0.213. The molecule has 0 unspecified atom stereocenters. The van der Waals surface area contributed by atoms with Crippen molar-refractivity contribution in [1.29, 1.82) is 0 Å². The molecule has 1 saturated heterocycles. The Hall–Kier alpha value is -2.59. The molecule has 2 aromatic carbocycles. The van der Waals surface area contributed by atoms with Gasteiger partial charge in [0.15, 0.2) is 5.78 Å². The SMILES string of the molecule is Cn1cc(C(=O)CN2CCN(c3ccccc3)CC2)c2ccccc21. The molecule has 0 atom stereocenters. The molecule has 4 nitrogen and oxygen atoms in total. The summed E-state index contributed by atoms with van der Waals surface area (Å²) in [5.41, 5.74) is 3.21. The van der Waals surface area contributed by atoms with E-state index < -0.39 is 0 Å². The number of rotatable bonds is 4. The van der Waals surface area contributed by atoms with Crippen LogP contribution in [0.25, 0.3) is 10.9 Å². The topological polar surface area (TPSA) is 28.5 Å². The molecule has 4 heteroatoms. The van der Waals surface area contributed by atoms with Crippen molar-refractivity contribution in [2.45, 2.75) is 0 Å². The van der Waals surface area contributed by atoms with Gasteiger partial charge in [-0.05, 0) is 18.2 Å². The first kappa shape index (κ1) is 15.9. The first-order valence-electron chi connectivity index (χ1n) is 8.82. The summed E-state index contributed by atoms with van der Waals surface area (Å²) in [6.45, 7) is 4.27. The van der Waals surface area contributed by atoms with Gasteiger partial charge in [0.1, 0.15) is 0 Å². The molecule has 1 aromatic heterocycles. The average molecular weight is 333 g/mol.